The zero-order valence-electron chi connectivity index (χ0n) is 7.58. The Morgan fingerprint density at radius 2 is 1.33 bits per heavy atom. The molecular weight excluding hydrogens is 196 g/mol. The van der Waals surface area contributed by atoms with Crippen molar-refractivity contribution in [3.63, 3.8) is 0 Å². The predicted molar refractivity (Wildman–Crippen MR) is 51.6 cm³/mol. The second-order valence-electron chi connectivity index (χ2n) is 3.27. The lowest BCUT2D eigenvalue weighted by Gasteiger charge is -1.93. The molecule has 5 heteroatoms. The van der Waals surface area contributed by atoms with Crippen molar-refractivity contribution in [1.29, 1.82) is 0 Å². The summed E-state index contributed by atoms with van der Waals surface area (Å²) in [5, 5.41) is 23.5. The highest BCUT2D eigenvalue weighted by molar-refractivity contribution is 6.03. The summed E-state index contributed by atoms with van der Waals surface area (Å²) in [6.45, 7) is 0. The van der Waals surface area contributed by atoms with E-state index in [2.05, 4.69) is 0 Å². The quantitative estimate of drug-likeness (QED) is 0.401. The van der Waals surface area contributed by atoms with Crippen LogP contribution in [0.3, 0.4) is 0 Å². The molecule has 0 aliphatic rings. The molecule has 3 heterocycles. The lowest BCUT2D eigenvalue weighted by molar-refractivity contribution is -0.604. The first-order valence-corrected chi connectivity index (χ1v) is 4.38. The van der Waals surface area contributed by atoms with E-state index in [4.69, 9.17) is 4.42 Å². The van der Waals surface area contributed by atoms with Gasteiger partial charge in [0, 0.05) is 12.1 Å². The lowest BCUT2D eigenvalue weighted by Crippen LogP contribution is -2.24. The molecule has 5 nitrogen and oxygen atoms in total. The van der Waals surface area contributed by atoms with Crippen LogP contribution in [0.15, 0.2) is 41.3 Å². The SMILES string of the molecule is [O-][n+]1ccc2oc3cc[n+]([O-])cc3c2c1. The minimum absolute atomic E-state index is 0.600. The van der Waals surface area contributed by atoms with Crippen LogP contribution in [-0.2, 0) is 0 Å². The van der Waals surface area contributed by atoms with E-state index < -0.39 is 0 Å². The van der Waals surface area contributed by atoms with Gasteiger partial charge in [-0.1, -0.05) is 0 Å². The van der Waals surface area contributed by atoms with Gasteiger partial charge in [0.05, 0.1) is 10.8 Å². The average Bonchev–Trinajstić information content (AvgIpc) is 2.56. The van der Waals surface area contributed by atoms with Gasteiger partial charge in [-0.05, 0) is 0 Å². The van der Waals surface area contributed by atoms with Crippen LogP contribution in [-0.4, -0.2) is 0 Å². The molecule has 3 rings (SSSR count). The van der Waals surface area contributed by atoms with Gasteiger partial charge in [0.2, 0.25) is 0 Å². The van der Waals surface area contributed by atoms with Crippen molar-refractivity contribution in [3.8, 4) is 0 Å². The maximum atomic E-state index is 11.1. The Morgan fingerprint density at radius 3 is 1.80 bits per heavy atom. The number of furan rings is 1. The smallest absolute Gasteiger partial charge is 0.192 e. The first-order chi connectivity index (χ1) is 7.24. The molecule has 0 spiro atoms. The van der Waals surface area contributed by atoms with E-state index >= 15 is 0 Å². The predicted octanol–water partition coefficient (Wildman–Crippen LogP) is 0.853. The third kappa shape index (κ3) is 1.10. The Kier molecular flexibility index (Phi) is 1.39. The highest BCUT2D eigenvalue weighted by Gasteiger charge is 2.11. The molecule has 74 valence electrons. The molecule has 0 radical (unpaired) electrons. The maximum absolute atomic E-state index is 11.1. The summed E-state index contributed by atoms with van der Waals surface area (Å²) >= 11 is 0. The van der Waals surface area contributed by atoms with Crippen molar-refractivity contribution in [2.45, 2.75) is 0 Å². The van der Waals surface area contributed by atoms with Gasteiger partial charge in [0.1, 0.15) is 11.2 Å². The Balaban J connectivity index is 2.55. The van der Waals surface area contributed by atoms with Gasteiger partial charge >= 0.3 is 0 Å². The van der Waals surface area contributed by atoms with Crippen molar-refractivity contribution in [1.82, 2.24) is 0 Å². The Labute approximate surface area is 83.9 Å². The normalized spacial score (nSPS) is 11.2. The third-order valence-electron chi connectivity index (χ3n) is 2.30. The Morgan fingerprint density at radius 1 is 0.867 bits per heavy atom. The lowest BCUT2D eigenvalue weighted by atomic mass is 10.2. The molecule has 0 N–H and O–H groups in total. The molecular formula is C10H6N2O3. The minimum Gasteiger partial charge on any atom is -0.619 e. The van der Waals surface area contributed by atoms with Gasteiger partial charge in [-0.3, -0.25) is 0 Å². The van der Waals surface area contributed by atoms with E-state index in [-0.39, 0.29) is 0 Å². The van der Waals surface area contributed by atoms with Gasteiger partial charge in [-0.15, -0.1) is 0 Å². The van der Waals surface area contributed by atoms with E-state index in [0.29, 0.717) is 31.4 Å². The van der Waals surface area contributed by atoms with Crippen LogP contribution in [0.25, 0.3) is 21.9 Å². The van der Waals surface area contributed by atoms with E-state index in [9.17, 15) is 10.4 Å². The average molecular weight is 202 g/mol. The van der Waals surface area contributed by atoms with Crippen LogP contribution in [0.1, 0.15) is 0 Å². The number of fused-ring (bicyclic) bond motifs is 3. The Hall–Kier alpha value is -2.30. The highest BCUT2D eigenvalue weighted by Crippen LogP contribution is 2.25. The highest BCUT2D eigenvalue weighted by atomic mass is 16.5. The van der Waals surface area contributed by atoms with Crippen LogP contribution >= 0.6 is 0 Å². The van der Waals surface area contributed by atoms with Crippen molar-refractivity contribution < 1.29 is 13.9 Å². The fourth-order valence-corrected chi connectivity index (χ4v) is 1.63. The summed E-state index contributed by atoms with van der Waals surface area (Å²) in [5.74, 6) is 0. The monoisotopic (exact) mass is 202 g/mol. The summed E-state index contributed by atoms with van der Waals surface area (Å²) < 4.78 is 6.82. The van der Waals surface area contributed by atoms with Crippen LogP contribution in [0.4, 0.5) is 0 Å². The summed E-state index contributed by atoms with van der Waals surface area (Å²) in [6.07, 6.45) is 5.49. The van der Waals surface area contributed by atoms with E-state index in [1.54, 1.807) is 12.1 Å². The summed E-state index contributed by atoms with van der Waals surface area (Å²) in [6, 6.07) is 3.16. The zero-order chi connectivity index (χ0) is 10.4. The molecule has 0 bridgehead atoms. The molecule has 0 aliphatic carbocycles. The molecule has 0 saturated carbocycles. The van der Waals surface area contributed by atoms with Gasteiger partial charge < -0.3 is 14.8 Å². The fourth-order valence-electron chi connectivity index (χ4n) is 1.63. The Bertz CT molecular complexity index is 604. The summed E-state index contributed by atoms with van der Waals surface area (Å²) in [7, 11) is 0. The van der Waals surface area contributed by atoms with Gasteiger partial charge in [-0.2, -0.15) is 9.46 Å². The summed E-state index contributed by atoms with van der Waals surface area (Å²) in [4.78, 5) is 0. The second kappa shape index (κ2) is 2.60. The van der Waals surface area contributed by atoms with Crippen LogP contribution < -0.4 is 9.46 Å². The zero-order valence-corrected chi connectivity index (χ0v) is 7.58. The first-order valence-electron chi connectivity index (χ1n) is 4.38. The van der Waals surface area contributed by atoms with Crippen LogP contribution in [0.5, 0.6) is 0 Å². The molecule has 0 saturated heterocycles. The molecule has 15 heavy (non-hydrogen) atoms. The molecule has 0 amide bonds. The molecule has 0 aromatic carbocycles. The minimum atomic E-state index is 0.600. The van der Waals surface area contributed by atoms with Crippen molar-refractivity contribution in [2.24, 2.45) is 0 Å². The largest absolute Gasteiger partial charge is 0.619 e. The van der Waals surface area contributed by atoms with Crippen molar-refractivity contribution in [2.75, 3.05) is 0 Å². The van der Waals surface area contributed by atoms with Crippen LogP contribution in [0, 0.1) is 10.4 Å². The fraction of sp³-hybridized carbons (Fsp3) is 0. The molecule has 3 aromatic heterocycles. The molecule has 0 unspecified atom stereocenters. The first kappa shape index (κ1) is 8.05. The van der Waals surface area contributed by atoms with Gasteiger partial charge in [0.15, 0.2) is 24.8 Å². The summed E-state index contributed by atoms with van der Waals surface area (Å²) in [5.41, 5.74) is 1.20. The maximum Gasteiger partial charge on any atom is 0.192 e. The topological polar surface area (TPSA) is 67.0 Å². The van der Waals surface area contributed by atoms with Crippen molar-refractivity contribution >= 4 is 21.9 Å². The number of aromatic nitrogens is 2. The number of pyridine rings is 2. The third-order valence-corrected chi connectivity index (χ3v) is 2.30. The number of nitrogens with zero attached hydrogens (tertiary/aromatic N) is 2. The molecule has 3 aromatic rings. The molecule has 0 atom stereocenters. The number of rotatable bonds is 0. The second-order valence-corrected chi connectivity index (χ2v) is 3.27. The number of hydrogen-bond acceptors (Lipinski definition) is 3. The molecule has 0 aliphatic heterocycles. The number of hydrogen-bond donors (Lipinski definition) is 0. The molecule has 0 fully saturated rings. The van der Waals surface area contributed by atoms with E-state index in [1.807, 2.05) is 0 Å². The van der Waals surface area contributed by atoms with E-state index in [0.717, 1.165) is 0 Å². The van der Waals surface area contributed by atoms with Gasteiger partial charge in [-0.25, -0.2) is 0 Å². The standard InChI is InChI=1S/C10H6N2O3/c13-11-3-1-9-7(5-11)8-6-12(14)4-2-10(8)15-9/h1-6H. The van der Waals surface area contributed by atoms with Gasteiger partial charge in [0.25, 0.3) is 0 Å². The van der Waals surface area contributed by atoms with Crippen LogP contribution in [0.2, 0.25) is 0 Å². The van der Waals surface area contributed by atoms with E-state index in [1.165, 1.54) is 24.8 Å². The van der Waals surface area contributed by atoms with Crippen molar-refractivity contribution in [3.05, 3.63) is 47.3 Å².